The SMILES string of the molecule is Cn1cnc2cc(N3CCN(C(=O)c4cc[nH]c(=O)c4)CC3)ccc2c1=O. The van der Waals surface area contributed by atoms with E-state index < -0.39 is 0 Å². The molecular formula is C19H19N5O3. The molecule has 1 aliphatic rings. The smallest absolute Gasteiger partial charge is 0.260 e. The Morgan fingerprint density at radius 2 is 1.85 bits per heavy atom. The van der Waals surface area contributed by atoms with Crippen molar-refractivity contribution in [2.45, 2.75) is 0 Å². The van der Waals surface area contributed by atoms with Crippen LogP contribution in [0.15, 0.2) is 52.4 Å². The molecule has 27 heavy (non-hydrogen) atoms. The summed E-state index contributed by atoms with van der Waals surface area (Å²) in [5.74, 6) is -0.135. The number of hydrogen-bond acceptors (Lipinski definition) is 5. The van der Waals surface area contributed by atoms with Crippen LogP contribution in [0.5, 0.6) is 0 Å². The number of carbonyl (C=O) groups excluding carboxylic acids is 1. The van der Waals surface area contributed by atoms with E-state index in [4.69, 9.17) is 0 Å². The summed E-state index contributed by atoms with van der Waals surface area (Å²) in [6.45, 7) is 2.47. The highest BCUT2D eigenvalue weighted by molar-refractivity contribution is 5.94. The van der Waals surface area contributed by atoms with E-state index in [1.165, 1.54) is 23.2 Å². The lowest BCUT2D eigenvalue weighted by molar-refractivity contribution is 0.0746. The van der Waals surface area contributed by atoms with Crippen LogP contribution in [0.2, 0.25) is 0 Å². The average Bonchev–Trinajstić information content (AvgIpc) is 2.70. The van der Waals surface area contributed by atoms with Gasteiger partial charge in [-0.1, -0.05) is 0 Å². The zero-order valence-electron chi connectivity index (χ0n) is 14.9. The molecule has 8 nitrogen and oxygen atoms in total. The van der Waals surface area contributed by atoms with Crippen molar-refractivity contribution in [2.24, 2.45) is 7.05 Å². The van der Waals surface area contributed by atoms with E-state index in [2.05, 4.69) is 14.9 Å². The van der Waals surface area contributed by atoms with Gasteiger partial charge in [0.2, 0.25) is 5.56 Å². The molecule has 0 spiro atoms. The summed E-state index contributed by atoms with van der Waals surface area (Å²) in [6, 6.07) is 8.56. The molecule has 1 fully saturated rings. The number of nitrogens with one attached hydrogen (secondary N) is 1. The minimum Gasteiger partial charge on any atom is -0.368 e. The van der Waals surface area contributed by atoms with Crippen molar-refractivity contribution in [3.05, 3.63) is 69.1 Å². The molecule has 0 radical (unpaired) electrons. The van der Waals surface area contributed by atoms with Gasteiger partial charge in [-0.15, -0.1) is 0 Å². The third-order valence-corrected chi connectivity index (χ3v) is 4.86. The summed E-state index contributed by atoms with van der Waals surface area (Å²) in [7, 11) is 1.68. The fourth-order valence-electron chi connectivity index (χ4n) is 3.32. The van der Waals surface area contributed by atoms with Gasteiger partial charge in [0.05, 0.1) is 17.2 Å². The quantitative estimate of drug-likeness (QED) is 0.718. The van der Waals surface area contributed by atoms with Crippen LogP contribution in [-0.2, 0) is 7.05 Å². The Balaban J connectivity index is 1.50. The van der Waals surface area contributed by atoms with Crippen LogP contribution in [0.25, 0.3) is 10.9 Å². The van der Waals surface area contributed by atoms with Gasteiger partial charge in [-0.25, -0.2) is 4.98 Å². The largest absolute Gasteiger partial charge is 0.368 e. The first-order valence-electron chi connectivity index (χ1n) is 8.71. The van der Waals surface area contributed by atoms with Gasteiger partial charge in [0.25, 0.3) is 11.5 Å². The van der Waals surface area contributed by atoms with Crippen molar-refractivity contribution in [1.82, 2.24) is 19.4 Å². The standard InChI is InChI=1S/C19H19N5O3/c1-22-12-21-16-11-14(2-3-15(16)19(22)27)23-6-8-24(9-7-23)18(26)13-4-5-20-17(25)10-13/h2-5,10-12H,6-9H2,1H3,(H,20,25). The number of H-pyrrole nitrogens is 1. The Hall–Kier alpha value is -3.42. The number of piperazine rings is 1. The van der Waals surface area contributed by atoms with E-state index in [1.807, 2.05) is 12.1 Å². The predicted molar refractivity (Wildman–Crippen MR) is 102 cm³/mol. The first-order chi connectivity index (χ1) is 13.0. The molecule has 1 N–H and O–H groups in total. The second kappa shape index (κ2) is 6.71. The molecule has 0 saturated carbocycles. The van der Waals surface area contributed by atoms with E-state index in [1.54, 1.807) is 24.1 Å². The maximum Gasteiger partial charge on any atom is 0.260 e. The molecule has 0 unspecified atom stereocenters. The number of nitrogens with zero attached hydrogens (tertiary/aromatic N) is 4. The van der Waals surface area contributed by atoms with Crippen LogP contribution < -0.4 is 16.0 Å². The lowest BCUT2D eigenvalue weighted by atomic mass is 10.1. The van der Waals surface area contributed by atoms with E-state index >= 15 is 0 Å². The average molecular weight is 365 g/mol. The fraction of sp³-hybridized carbons (Fsp3) is 0.263. The monoisotopic (exact) mass is 365 g/mol. The zero-order chi connectivity index (χ0) is 19.0. The van der Waals surface area contributed by atoms with Gasteiger partial charge >= 0.3 is 0 Å². The van der Waals surface area contributed by atoms with Crippen LogP contribution >= 0.6 is 0 Å². The molecule has 3 heterocycles. The van der Waals surface area contributed by atoms with E-state index in [-0.39, 0.29) is 17.0 Å². The number of anilines is 1. The molecule has 1 aliphatic heterocycles. The van der Waals surface area contributed by atoms with Gasteiger partial charge in [0.15, 0.2) is 0 Å². The van der Waals surface area contributed by atoms with Gasteiger partial charge in [-0.2, -0.15) is 0 Å². The Labute approximate surface area is 154 Å². The normalized spacial score (nSPS) is 14.6. The number of benzene rings is 1. The molecule has 0 aliphatic carbocycles. The first-order valence-corrected chi connectivity index (χ1v) is 8.71. The molecular weight excluding hydrogens is 346 g/mol. The summed E-state index contributed by atoms with van der Waals surface area (Å²) in [5, 5.41) is 0.590. The minimum absolute atomic E-state index is 0.0696. The highest BCUT2D eigenvalue weighted by Crippen LogP contribution is 2.20. The van der Waals surface area contributed by atoms with Crippen LogP contribution in [0, 0.1) is 0 Å². The topological polar surface area (TPSA) is 91.3 Å². The maximum absolute atomic E-state index is 12.5. The van der Waals surface area contributed by atoms with Crippen molar-refractivity contribution < 1.29 is 4.79 Å². The minimum atomic E-state index is -0.283. The van der Waals surface area contributed by atoms with Gasteiger partial charge in [-0.05, 0) is 24.3 Å². The number of aryl methyl sites for hydroxylation is 1. The number of rotatable bonds is 2. The van der Waals surface area contributed by atoms with Crippen molar-refractivity contribution in [2.75, 3.05) is 31.1 Å². The lowest BCUT2D eigenvalue weighted by Gasteiger charge is -2.36. The number of pyridine rings is 1. The zero-order valence-corrected chi connectivity index (χ0v) is 14.9. The molecule has 4 rings (SSSR count). The lowest BCUT2D eigenvalue weighted by Crippen LogP contribution is -2.49. The number of hydrogen-bond donors (Lipinski definition) is 1. The molecule has 1 saturated heterocycles. The third-order valence-electron chi connectivity index (χ3n) is 4.86. The Morgan fingerprint density at radius 3 is 2.59 bits per heavy atom. The van der Waals surface area contributed by atoms with Gasteiger partial charge in [0.1, 0.15) is 0 Å². The van der Waals surface area contributed by atoms with Crippen LogP contribution in [0.3, 0.4) is 0 Å². The van der Waals surface area contributed by atoms with Crippen LogP contribution in [0.1, 0.15) is 10.4 Å². The molecule has 2 aromatic heterocycles. The Kier molecular flexibility index (Phi) is 4.23. The van der Waals surface area contributed by atoms with Crippen molar-refractivity contribution >= 4 is 22.5 Å². The number of aromatic amines is 1. The third kappa shape index (κ3) is 3.21. The molecule has 1 aromatic carbocycles. The predicted octanol–water partition coefficient (Wildman–Crippen LogP) is 0.584. The molecule has 3 aromatic rings. The van der Waals surface area contributed by atoms with Crippen molar-refractivity contribution in [3.63, 3.8) is 0 Å². The summed E-state index contributed by atoms with van der Waals surface area (Å²) in [6.07, 6.45) is 3.00. The maximum atomic E-state index is 12.5. The molecule has 138 valence electrons. The number of amides is 1. The van der Waals surface area contributed by atoms with E-state index in [0.717, 1.165) is 5.69 Å². The summed E-state index contributed by atoms with van der Waals surface area (Å²) in [5.41, 5.74) is 1.69. The van der Waals surface area contributed by atoms with Gasteiger partial charge in [-0.3, -0.25) is 14.4 Å². The highest BCUT2D eigenvalue weighted by atomic mass is 16.2. The molecule has 8 heteroatoms. The second-order valence-electron chi connectivity index (χ2n) is 6.58. The number of fused-ring (bicyclic) bond motifs is 1. The molecule has 0 atom stereocenters. The van der Waals surface area contributed by atoms with E-state index in [9.17, 15) is 14.4 Å². The van der Waals surface area contributed by atoms with Crippen molar-refractivity contribution in [3.8, 4) is 0 Å². The summed E-state index contributed by atoms with van der Waals surface area (Å²) < 4.78 is 1.46. The molecule has 0 bridgehead atoms. The Morgan fingerprint density at radius 1 is 1.07 bits per heavy atom. The van der Waals surface area contributed by atoms with Crippen LogP contribution in [0.4, 0.5) is 5.69 Å². The summed E-state index contributed by atoms with van der Waals surface area (Å²) in [4.78, 5) is 46.8. The Bertz CT molecular complexity index is 1130. The van der Waals surface area contributed by atoms with Crippen molar-refractivity contribution in [1.29, 1.82) is 0 Å². The van der Waals surface area contributed by atoms with E-state index in [0.29, 0.717) is 42.6 Å². The van der Waals surface area contributed by atoms with Crippen LogP contribution in [-0.4, -0.2) is 51.5 Å². The molecule has 1 amide bonds. The van der Waals surface area contributed by atoms with Gasteiger partial charge in [0, 0.05) is 56.7 Å². The number of aromatic nitrogens is 3. The highest BCUT2D eigenvalue weighted by Gasteiger charge is 2.22. The van der Waals surface area contributed by atoms with Gasteiger partial charge < -0.3 is 19.4 Å². The summed E-state index contributed by atoms with van der Waals surface area (Å²) >= 11 is 0. The fourth-order valence-corrected chi connectivity index (χ4v) is 3.32. The number of carbonyl (C=O) groups is 1. The second-order valence-corrected chi connectivity index (χ2v) is 6.58. The first kappa shape index (κ1) is 17.0.